The topological polar surface area (TPSA) is 86.3 Å². The van der Waals surface area contributed by atoms with Crippen molar-refractivity contribution in [3.8, 4) is 0 Å². The highest BCUT2D eigenvalue weighted by Crippen LogP contribution is 2.32. The minimum Gasteiger partial charge on any atom is -0.258 e. The molecular weight excluding hydrogens is 440 g/mol. The van der Waals surface area contributed by atoms with Crippen LogP contribution < -0.4 is 0 Å². The molecule has 0 fully saturated rings. The quantitative estimate of drug-likeness (QED) is 0.113. The van der Waals surface area contributed by atoms with E-state index < -0.39 is 9.85 Å². The fraction of sp³-hybridized carbons (Fsp3) is 0.586. The molecule has 0 heterocycles. The second-order valence-corrected chi connectivity index (χ2v) is 9.63. The van der Waals surface area contributed by atoms with Gasteiger partial charge in [-0.05, 0) is 24.0 Å². The van der Waals surface area contributed by atoms with Crippen molar-refractivity contribution in [3.63, 3.8) is 0 Å². The van der Waals surface area contributed by atoms with Crippen molar-refractivity contribution in [1.29, 1.82) is 0 Å². The molecule has 0 unspecified atom stereocenters. The number of aryl methyl sites for hydroxylation is 1. The molecule has 35 heavy (non-hydrogen) atoms. The van der Waals surface area contributed by atoms with Crippen molar-refractivity contribution in [1.82, 2.24) is 0 Å². The minimum atomic E-state index is -0.534. The lowest BCUT2D eigenvalue weighted by molar-refractivity contribution is -0.394. The standard InChI is InChI=1S/C29H42N2O4/c1-2-3-4-5-6-7-8-9-10-11-12-13-14-18-21-26-23-27(30(32)33)24-29(31(34)35)28(26)22-25-19-16-15-17-20-25/h15-17,19-20,23-24H,2-14,18,21-22H2,1H3. The Labute approximate surface area is 210 Å². The van der Waals surface area contributed by atoms with Crippen LogP contribution in [-0.2, 0) is 12.8 Å². The fourth-order valence-corrected chi connectivity index (χ4v) is 4.70. The van der Waals surface area contributed by atoms with Crippen LogP contribution in [0.25, 0.3) is 0 Å². The molecule has 0 N–H and O–H groups in total. The molecule has 0 aliphatic heterocycles. The van der Waals surface area contributed by atoms with Crippen LogP contribution in [0.15, 0.2) is 42.5 Å². The summed E-state index contributed by atoms with van der Waals surface area (Å²) in [6.45, 7) is 2.25. The number of nitrogens with zero attached hydrogens (tertiary/aromatic N) is 2. The van der Waals surface area contributed by atoms with E-state index in [1.165, 1.54) is 76.7 Å². The van der Waals surface area contributed by atoms with E-state index in [1.54, 1.807) is 0 Å². The molecule has 0 aliphatic carbocycles. The minimum absolute atomic E-state index is 0.150. The van der Waals surface area contributed by atoms with Crippen molar-refractivity contribution in [2.24, 2.45) is 0 Å². The summed E-state index contributed by atoms with van der Waals surface area (Å²) in [5, 5.41) is 23.1. The van der Waals surface area contributed by atoms with Crippen molar-refractivity contribution in [2.75, 3.05) is 0 Å². The zero-order valence-electron chi connectivity index (χ0n) is 21.4. The Morgan fingerprint density at radius 1 is 0.657 bits per heavy atom. The van der Waals surface area contributed by atoms with Crippen molar-refractivity contribution in [2.45, 2.75) is 110 Å². The number of rotatable bonds is 19. The van der Waals surface area contributed by atoms with E-state index in [9.17, 15) is 20.2 Å². The van der Waals surface area contributed by atoms with Crippen molar-refractivity contribution >= 4 is 11.4 Å². The SMILES string of the molecule is CCCCCCCCCCCCCCCCc1cc([N+](=O)[O-])cc([N+](=O)[O-])c1Cc1ccccc1. The third-order valence-corrected chi connectivity index (χ3v) is 6.73. The molecule has 0 radical (unpaired) electrons. The highest BCUT2D eigenvalue weighted by Gasteiger charge is 2.23. The summed E-state index contributed by atoms with van der Waals surface area (Å²) in [7, 11) is 0. The largest absolute Gasteiger partial charge is 0.280 e. The predicted octanol–water partition coefficient (Wildman–Crippen LogP) is 9.12. The van der Waals surface area contributed by atoms with Gasteiger partial charge in [0.25, 0.3) is 11.4 Å². The van der Waals surface area contributed by atoms with Gasteiger partial charge in [0.1, 0.15) is 0 Å². The first-order valence-electron chi connectivity index (χ1n) is 13.5. The van der Waals surface area contributed by atoms with Crippen molar-refractivity contribution < 1.29 is 9.85 Å². The molecule has 2 aromatic carbocycles. The monoisotopic (exact) mass is 482 g/mol. The maximum atomic E-state index is 11.7. The molecule has 2 rings (SSSR count). The van der Waals surface area contributed by atoms with Crippen LogP contribution in [0.2, 0.25) is 0 Å². The van der Waals surface area contributed by atoms with E-state index in [0.717, 1.165) is 36.5 Å². The van der Waals surface area contributed by atoms with Crippen LogP contribution >= 0.6 is 0 Å². The van der Waals surface area contributed by atoms with Gasteiger partial charge >= 0.3 is 0 Å². The van der Waals surface area contributed by atoms with E-state index in [-0.39, 0.29) is 11.4 Å². The lowest BCUT2D eigenvalue weighted by Gasteiger charge is -2.11. The van der Waals surface area contributed by atoms with Crippen LogP contribution in [0, 0.1) is 20.2 Å². The third kappa shape index (κ3) is 11.0. The first-order valence-corrected chi connectivity index (χ1v) is 13.5. The maximum absolute atomic E-state index is 11.7. The number of nitro benzene ring substituents is 2. The normalized spacial score (nSPS) is 11.0. The lowest BCUT2D eigenvalue weighted by Crippen LogP contribution is -2.04. The third-order valence-electron chi connectivity index (χ3n) is 6.73. The van der Waals surface area contributed by atoms with E-state index in [1.807, 2.05) is 30.3 Å². The summed E-state index contributed by atoms with van der Waals surface area (Å²) >= 11 is 0. The van der Waals surface area contributed by atoms with Gasteiger partial charge in [-0.25, -0.2) is 0 Å². The molecule has 6 heteroatoms. The molecule has 0 atom stereocenters. The first kappa shape index (κ1) is 28.5. The highest BCUT2D eigenvalue weighted by molar-refractivity contribution is 5.55. The number of hydrogen-bond acceptors (Lipinski definition) is 4. The lowest BCUT2D eigenvalue weighted by atomic mass is 9.93. The van der Waals surface area contributed by atoms with E-state index in [2.05, 4.69) is 6.92 Å². The first-order chi connectivity index (χ1) is 17.0. The molecule has 0 aliphatic rings. The zero-order chi connectivity index (χ0) is 25.3. The molecule has 0 saturated heterocycles. The smallest absolute Gasteiger partial charge is 0.258 e. The van der Waals surface area contributed by atoms with Gasteiger partial charge in [0.2, 0.25) is 0 Å². The van der Waals surface area contributed by atoms with Gasteiger partial charge in [0, 0.05) is 18.1 Å². The van der Waals surface area contributed by atoms with Gasteiger partial charge in [-0.1, -0.05) is 121 Å². The summed E-state index contributed by atoms with van der Waals surface area (Å²) in [6, 6.07) is 12.2. The number of benzene rings is 2. The van der Waals surface area contributed by atoms with E-state index in [0.29, 0.717) is 18.4 Å². The molecule has 0 aromatic heterocycles. The molecule has 0 bridgehead atoms. The molecule has 192 valence electrons. The van der Waals surface area contributed by atoms with Crippen LogP contribution in [0.1, 0.15) is 114 Å². The molecule has 2 aromatic rings. The summed E-state index contributed by atoms with van der Waals surface area (Å²) in [5.74, 6) is 0. The van der Waals surface area contributed by atoms with Crippen molar-refractivity contribution in [3.05, 3.63) is 79.4 Å². The van der Waals surface area contributed by atoms with Gasteiger partial charge in [0.15, 0.2) is 0 Å². The van der Waals surface area contributed by atoms with E-state index in [4.69, 9.17) is 0 Å². The van der Waals surface area contributed by atoms with Crippen LogP contribution in [0.4, 0.5) is 11.4 Å². The second kappa shape index (κ2) is 16.8. The number of unbranched alkanes of at least 4 members (excludes halogenated alkanes) is 13. The number of non-ortho nitro benzene ring substituents is 1. The summed E-state index contributed by atoms with van der Waals surface area (Å²) < 4.78 is 0. The Morgan fingerprint density at radius 2 is 1.17 bits per heavy atom. The van der Waals surface area contributed by atoms with Gasteiger partial charge in [0.05, 0.1) is 15.9 Å². The Kier molecular flexibility index (Phi) is 13.7. The maximum Gasteiger partial charge on any atom is 0.280 e. The summed E-state index contributed by atoms with van der Waals surface area (Å²) in [6.07, 6.45) is 18.7. The number of hydrogen-bond donors (Lipinski definition) is 0. The predicted molar refractivity (Wildman–Crippen MR) is 143 cm³/mol. The Bertz CT molecular complexity index is 899. The highest BCUT2D eigenvalue weighted by atomic mass is 16.6. The van der Waals surface area contributed by atoms with Gasteiger partial charge in [-0.3, -0.25) is 20.2 Å². The molecule has 0 saturated carbocycles. The summed E-state index contributed by atoms with van der Waals surface area (Å²) in [4.78, 5) is 22.1. The van der Waals surface area contributed by atoms with Gasteiger partial charge in [-0.2, -0.15) is 0 Å². The van der Waals surface area contributed by atoms with Crippen LogP contribution in [0.3, 0.4) is 0 Å². The second-order valence-electron chi connectivity index (χ2n) is 9.63. The molecule has 0 spiro atoms. The van der Waals surface area contributed by atoms with E-state index >= 15 is 0 Å². The molecule has 0 amide bonds. The Morgan fingerprint density at radius 3 is 1.66 bits per heavy atom. The van der Waals surface area contributed by atoms with Crippen LogP contribution in [0.5, 0.6) is 0 Å². The average molecular weight is 483 g/mol. The Hall–Kier alpha value is -2.76. The van der Waals surface area contributed by atoms with Gasteiger partial charge < -0.3 is 0 Å². The fourth-order valence-electron chi connectivity index (χ4n) is 4.70. The summed E-state index contributed by atoms with van der Waals surface area (Å²) in [5.41, 5.74) is 1.94. The van der Waals surface area contributed by atoms with Gasteiger partial charge in [-0.15, -0.1) is 0 Å². The van der Waals surface area contributed by atoms with Crippen LogP contribution in [-0.4, -0.2) is 9.85 Å². The number of nitro groups is 2. The average Bonchev–Trinajstić information content (AvgIpc) is 2.85. The molecular formula is C29H42N2O4. The molecule has 6 nitrogen and oxygen atoms in total. The zero-order valence-corrected chi connectivity index (χ0v) is 21.4. The Balaban J connectivity index is 1.79.